The van der Waals surface area contributed by atoms with Crippen molar-refractivity contribution in [3.05, 3.63) is 29.8 Å². The van der Waals surface area contributed by atoms with Crippen LogP contribution >= 0.6 is 0 Å². The first kappa shape index (κ1) is 14.3. The SMILES string of the molecule is C#Cc1coc2cnc(C(=O)NC3CN4CCC3CC4C)cc12. The van der Waals surface area contributed by atoms with Crippen LogP contribution in [-0.4, -0.2) is 41.0 Å². The quantitative estimate of drug-likeness (QED) is 0.862. The molecule has 0 aliphatic carbocycles. The molecule has 0 aromatic carbocycles. The van der Waals surface area contributed by atoms with E-state index in [-0.39, 0.29) is 11.9 Å². The molecule has 0 saturated carbocycles. The number of carbonyl (C=O) groups excluding carboxylic acids is 1. The minimum atomic E-state index is -0.137. The predicted octanol–water partition coefficient (Wildman–Crippen LogP) is 2.02. The van der Waals surface area contributed by atoms with Crippen LogP contribution in [0.1, 0.15) is 35.8 Å². The van der Waals surface area contributed by atoms with Gasteiger partial charge in [-0.05, 0) is 38.3 Å². The fourth-order valence-electron chi connectivity index (χ4n) is 3.87. The van der Waals surface area contributed by atoms with E-state index in [9.17, 15) is 4.79 Å². The van der Waals surface area contributed by atoms with Crippen molar-refractivity contribution < 1.29 is 9.21 Å². The summed E-state index contributed by atoms with van der Waals surface area (Å²) in [5.41, 5.74) is 1.64. The number of aromatic nitrogens is 1. The third-order valence-electron chi connectivity index (χ3n) is 5.22. The molecule has 2 aromatic rings. The van der Waals surface area contributed by atoms with E-state index in [2.05, 4.69) is 28.0 Å². The lowest BCUT2D eigenvalue weighted by Gasteiger charge is -2.48. The number of furan rings is 1. The van der Waals surface area contributed by atoms with Crippen LogP contribution in [0.4, 0.5) is 0 Å². The number of terminal acetylenes is 1. The summed E-state index contributed by atoms with van der Waals surface area (Å²) in [5, 5.41) is 3.92. The lowest BCUT2D eigenvalue weighted by Crippen LogP contribution is -2.60. The molecule has 3 aliphatic rings. The Kier molecular flexibility index (Phi) is 3.35. The van der Waals surface area contributed by atoms with Gasteiger partial charge in [0.05, 0.1) is 11.8 Å². The van der Waals surface area contributed by atoms with Gasteiger partial charge in [0, 0.05) is 24.0 Å². The number of nitrogens with zero attached hydrogens (tertiary/aromatic N) is 2. The van der Waals surface area contributed by atoms with E-state index in [1.54, 1.807) is 12.3 Å². The Morgan fingerprint density at radius 3 is 3.13 bits per heavy atom. The molecule has 5 rings (SSSR count). The van der Waals surface area contributed by atoms with Crippen molar-refractivity contribution >= 4 is 16.9 Å². The van der Waals surface area contributed by atoms with E-state index in [1.165, 1.54) is 6.26 Å². The fourth-order valence-corrected chi connectivity index (χ4v) is 3.87. The number of hydrogen-bond acceptors (Lipinski definition) is 4. The number of carbonyl (C=O) groups is 1. The highest BCUT2D eigenvalue weighted by Crippen LogP contribution is 2.32. The molecule has 2 bridgehead atoms. The van der Waals surface area contributed by atoms with Crippen LogP contribution in [0.3, 0.4) is 0 Å². The molecule has 1 amide bonds. The summed E-state index contributed by atoms with van der Waals surface area (Å²) in [6.07, 6.45) is 10.8. The molecule has 3 saturated heterocycles. The van der Waals surface area contributed by atoms with Crippen molar-refractivity contribution in [2.24, 2.45) is 5.92 Å². The average molecular weight is 309 g/mol. The molecule has 118 valence electrons. The molecule has 2 aromatic heterocycles. The molecule has 1 N–H and O–H groups in total. The fraction of sp³-hybridized carbons (Fsp3) is 0.444. The molecule has 23 heavy (non-hydrogen) atoms. The highest BCUT2D eigenvalue weighted by molar-refractivity contribution is 5.96. The van der Waals surface area contributed by atoms with Crippen LogP contribution in [-0.2, 0) is 0 Å². The number of pyridine rings is 1. The first-order valence-electron chi connectivity index (χ1n) is 8.04. The summed E-state index contributed by atoms with van der Waals surface area (Å²) in [5.74, 6) is 3.00. The smallest absolute Gasteiger partial charge is 0.270 e. The third-order valence-corrected chi connectivity index (χ3v) is 5.22. The van der Waals surface area contributed by atoms with Crippen LogP contribution in [0.25, 0.3) is 11.0 Å². The van der Waals surface area contributed by atoms with Crippen LogP contribution in [0.15, 0.2) is 22.9 Å². The Morgan fingerprint density at radius 1 is 1.57 bits per heavy atom. The number of fused-ring (bicyclic) bond motifs is 4. The summed E-state index contributed by atoms with van der Waals surface area (Å²) in [4.78, 5) is 19.2. The molecule has 0 spiro atoms. The molecule has 5 heteroatoms. The van der Waals surface area contributed by atoms with Gasteiger partial charge < -0.3 is 9.73 Å². The van der Waals surface area contributed by atoms with Crippen LogP contribution in [0.2, 0.25) is 0 Å². The van der Waals surface area contributed by atoms with Crippen molar-refractivity contribution in [2.45, 2.75) is 31.8 Å². The molecule has 4 atom stereocenters. The lowest BCUT2D eigenvalue weighted by molar-refractivity contribution is 0.0273. The largest absolute Gasteiger partial charge is 0.461 e. The van der Waals surface area contributed by atoms with Crippen LogP contribution < -0.4 is 5.32 Å². The standard InChI is InChI=1S/C18H19N3O2/c1-3-12-10-23-17-8-19-15(7-14(12)17)18(22)20-16-9-21-5-4-13(16)6-11(21)2/h1,7-8,10-11,13,16H,4-6,9H2,2H3,(H,20,22). The second-order valence-electron chi connectivity index (χ2n) is 6.57. The van der Waals surface area contributed by atoms with Crippen molar-refractivity contribution in [2.75, 3.05) is 13.1 Å². The second kappa shape index (κ2) is 5.39. The van der Waals surface area contributed by atoms with E-state index >= 15 is 0 Å². The number of hydrogen-bond donors (Lipinski definition) is 1. The van der Waals surface area contributed by atoms with Crippen molar-refractivity contribution in [1.29, 1.82) is 0 Å². The van der Waals surface area contributed by atoms with Gasteiger partial charge in [-0.15, -0.1) is 6.42 Å². The highest BCUT2D eigenvalue weighted by atomic mass is 16.3. The van der Waals surface area contributed by atoms with Crippen molar-refractivity contribution in [1.82, 2.24) is 15.2 Å². The summed E-state index contributed by atoms with van der Waals surface area (Å²) in [7, 11) is 0. The molecular formula is C18H19N3O2. The lowest BCUT2D eigenvalue weighted by atomic mass is 9.80. The minimum absolute atomic E-state index is 0.137. The Bertz CT molecular complexity index is 804. The van der Waals surface area contributed by atoms with Gasteiger partial charge in [-0.3, -0.25) is 9.69 Å². The van der Waals surface area contributed by atoms with E-state index in [0.717, 1.165) is 31.3 Å². The van der Waals surface area contributed by atoms with Gasteiger partial charge in [0.1, 0.15) is 12.0 Å². The van der Waals surface area contributed by atoms with Crippen LogP contribution in [0, 0.1) is 18.3 Å². The maximum Gasteiger partial charge on any atom is 0.270 e. The number of amides is 1. The molecule has 5 heterocycles. The third kappa shape index (κ3) is 2.40. The van der Waals surface area contributed by atoms with E-state index in [0.29, 0.717) is 28.8 Å². The van der Waals surface area contributed by atoms with Gasteiger partial charge in [-0.1, -0.05) is 5.92 Å². The van der Waals surface area contributed by atoms with Crippen molar-refractivity contribution in [3.8, 4) is 12.3 Å². The molecule has 3 fully saturated rings. The van der Waals surface area contributed by atoms with Crippen LogP contribution in [0.5, 0.6) is 0 Å². The summed E-state index contributed by atoms with van der Waals surface area (Å²) in [6.45, 7) is 4.34. The summed E-state index contributed by atoms with van der Waals surface area (Å²) in [6, 6.07) is 2.55. The monoisotopic (exact) mass is 309 g/mol. The minimum Gasteiger partial charge on any atom is -0.461 e. The zero-order valence-electron chi connectivity index (χ0n) is 13.1. The van der Waals surface area contributed by atoms with Gasteiger partial charge in [0.25, 0.3) is 5.91 Å². The van der Waals surface area contributed by atoms with Gasteiger partial charge in [0.15, 0.2) is 5.58 Å². The normalized spacial score (nSPS) is 29.4. The highest BCUT2D eigenvalue weighted by Gasteiger charge is 2.38. The predicted molar refractivity (Wildman–Crippen MR) is 87.0 cm³/mol. The second-order valence-corrected chi connectivity index (χ2v) is 6.57. The molecule has 3 aliphatic heterocycles. The number of nitrogens with one attached hydrogen (secondary N) is 1. The van der Waals surface area contributed by atoms with Gasteiger partial charge in [-0.2, -0.15) is 0 Å². The maximum atomic E-state index is 12.6. The van der Waals surface area contributed by atoms with Crippen molar-refractivity contribution in [3.63, 3.8) is 0 Å². The zero-order valence-corrected chi connectivity index (χ0v) is 13.1. The topological polar surface area (TPSA) is 58.4 Å². The number of piperidine rings is 3. The molecule has 5 nitrogen and oxygen atoms in total. The van der Waals surface area contributed by atoms with Gasteiger partial charge in [-0.25, -0.2) is 4.98 Å². The van der Waals surface area contributed by atoms with Gasteiger partial charge in [0.2, 0.25) is 0 Å². The van der Waals surface area contributed by atoms with E-state index in [1.807, 2.05) is 0 Å². The number of rotatable bonds is 2. The van der Waals surface area contributed by atoms with E-state index < -0.39 is 0 Å². The van der Waals surface area contributed by atoms with Gasteiger partial charge >= 0.3 is 0 Å². The molecule has 0 radical (unpaired) electrons. The first-order valence-corrected chi connectivity index (χ1v) is 8.04. The average Bonchev–Trinajstić information content (AvgIpc) is 2.98. The molecule has 4 unspecified atom stereocenters. The summed E-state index contributed by atoms with van der Waals surface area (Å²) >= 11 is 0. The summed E-state index contributed by atoms with van der Waals surface area (Å²) < 4.78 is 5.33. The maximum absolute atomic E-state index is 12.6. The zero-order chi connectivity index (χ0) is 16.0. The Labute approximate surface area is 135 Å². The Balaban J connectivity index is 1.54. The Hall–Kier alpha value is -2.32. The Morgan fingerprint density at radius 2 is 2.43 bits per heavy atom. The first-order chi connectivity index (χ1) is 11.2. The molecular weight excluding hydrogens is 290 g/mol. The van der Waals surface area contributed by atoms with E-state index in [4.69, 9.17) is 10.8 Å².